The molecule has 1 aromatic heterocycles. The van der Waals surface area contributed by atoms with Crippen LogP contribution in [0.3, 0.4) is 0 Å². The molecule has 0 amide bonds. The molecule has 100 valence electrons. The van der Waals surface area contributed by atoms with E-state index >= 15 is 0 Å². The summed E-state index contributed by atoms with van der Waals surface area (Å²) >= 11 is 0. The van der Waals surface area contributed by atoms with Gasteiger partial charge in [0.05, 0.1) is 11.4 Å². The fourth-order valence-corrected chi connectivity index (χ4v) is 1.71. The minimum Gasteiger partial charge on any atom is -0.370 e. The Morgan fingerprint density at radius 1 is 1.33 bits per heavy atom. The second-order valence-electron chi connectivity index (χ2n) is 4.75. The predicted octanol–water partition coefficient (Wildman–Crippen LogP) is 1.18. The van der Waals surface area contributed by atoms with Gasteiger partial charge in [0.2, 0.25) is 0 Å². The fourth-order valence-electron chi connectivity index (χ4n) is 1.71. The summed E-state index contributed by atoms with van der Waals surface area (Å²) in [4.78, 5) is 10.6. The van der Waals surface area contributed by atoms with E-state index in [9.17, 15) is 0 Å². The molecule has 5 heteroatoms. The third-order valence-electron chi connectivity index (χ3n) is 2.69. The monoisotopic (exact) mass is 249 g/mol. The summed E-state index contributed by atoms with van der Waals surface area (Å²) in [7, 11) is 4.18. The maximum Gasteiger partial charge on any atom is 0.191 e. The van der Waals surface area contributed by atoms with Gasteiger partial charge in [0, 0.05) is 6.20 Å². The lowest BCUT2D eigenvalue weighted by atomic mass is 10.1. The molecule has 0 aliphatic carbocycles. The average molecular weight is 249 g/mol. The van der Waals surface area contributed by atoms with Crippen molar-refractivity contribution in [2.75, 3.05) is 20.6 Å². The van der Waals surface area contributed by atoms with E-state index < -0.39 is 0 Å². The molecule has 1 rings (SSSR count). The highest BCUT2D eigenvalue weighted by molar-refractivity contribution is 5.79. The quantitative estimate of drug-likeness (QED) is 0.450. The molecule has 1 heterocycles. The Hall–Kier alpha value is -1.62. The molecule has 0 saturated carbocycles. The summed E-state index contributed by atoms with van der Waals surface area (Å²) in [6, 6.07) is 2.01. The number of nitrogens with two attached hydrogens (primary N) is 2. The largest absolute Gasteiger partial charge is 0.370 e. The van der Waals surface area contributed by atoms with Crippen molar-refractivity contribution in [3.63, 3.8) is 0 Å². The number of unbranched alkanes of at least 4 members (excludes halogenated alkanes) is 1. The molecule has 0 bridgehead atoms. The Labute approximate surface area is 109 Å². The van der Waals surface area contributed by atoms with Crippen LogP contribution in [-0.4, -0.2) is 36.5 Å². The molecule has 18 heavy (non-hydrogen) atoms. The van der Waals surface area contributed by atoms with Crippen LogP contribution in [0.4, 0.5) is 5.69 Å². The van der Waals surface area contributed by atoms with Crippen molar-refractivity contribution in [3.05, 3.63) is 23.5 Å². The van der Waals surface area contributed by atoms with E-state index in [0.717, 1.165) is 30.8 Å². The van der Waals surface area contributed by atoms with E-state index in [1.54, 1.807) is 0 Å². The summed E-state index contributed by atoms with van der Waals surface area (Å²) in [5.74, 6) is 0.0738. The van der Waals surface area contributed by atoms with Gasteiger partial charge in [0.25, 0.3) is 0 Å². The van der Waals surface area contributed by atoms with Crippen molar-refractivity contribution >= 4 is 11.6 Å². The van der Waals surface area contributed by atoms with Gasteiger partial charge >= 0.3 is 0 Å². The zero-order valence-electron chi connectivity index (χ0n) is 11.5. The van der Waals surface area contributed by atoms with Crippen LogP contribution in [0.2, 0.25) is 0 Å². The lowest BCUT2D eigenvalue weighted by Gasteiger charge is -2.09. The first-order chi connectivity index (χ1) is 8.49. The zero-order valence-corrected chi connectivity index (χ0v) is 11.5. The van der Waals surface area contributed by atoms with E-state index in [-0.39, 0.29) is 5.96 Å². The number of aliphatic imine (C=N–C) groups is 1. The normalized spacial score (nSPS) is 10.7. The number of rotatable bonds is 6. The topological polar surface area (TPSA) is 80.5 Å². The van der Waals surface area contributed by atoms with Gasteiger partial charge in [-0.3, -0.25) is 4.98 Å². The first kappa shape index (κ1) is 14.4. The van der Waals surface area contributed by atoms with Crippen molar-refractivity contribution in [2.45, 2.75) is 26.2 Å². The Morgan fingerprint density at radius 3 is 2.67 bits per heavy atom. The molecule has 1 aromatic rings. The van der Waals surface area contributed by atoms with Crippen molar-refractivity contribution in [3.8, 4) is 0 Å². The number of nitrogens with zero attached hydrogens (tertiary/aromatic N) is 3. The first-order valence-corrected chi connectivity index (χ1v) is 6.19. The molecule has 0 unspecified atom stereocenters. The van der Waals surface area contributed by atoms with E-state index in [2.05, 4.69) is 29.0 Å². The van der Waals surface area contributed by atoms with Crippen LogP contribution in [0.1, 0.15) is 24.1 Å². The van der Waals surface area contributed by atoms with Gasteiger partial charge in [-0.15, -0.1) is 0 Å². The van der Waals surface area contributed by atoms with Crippen molar-refractivity contribution in [1.82, 2.24) is 9.88 Å². The third-order valence-corrected chi connectivity index (χ3v) is 2.69. The number of hydrogen-bond donors (Lipinski definition) is 2. The van der Waals surface area contributed by atoms with Crippen molar-refractivity contribution < 1.29 is 0 Å². The van der Waals surface area contributed by atoms with Gasteiger partial charge in [-0.25, -0.2) is 4.99 Å². The average Bonchev–Trinajstić information content (AvgIpc) is 2.27. The Morgan fingerprint density at radius 2 is 2.06 bits per heavy atom. The molecule has 0 aromatic carbocycles. The molecule has 5 nitrogen and oxygen atoms in total. The summed E-state index contributed by atoms with van der Waals surface area (Å²) in [6.07, 6.45) is 5.23. The number of hydrogen-bond acceptors (Lipinski definition) is 3. The summed E-state index contributed by atoms with van der Waals surface area (Å²) in [6.45, 7) is 3.01. The Balaban J connectivity index is 2.59. The number of pyridine rings is 1. The standard InChI is InChI=1S/C13H23N5/c1-10-12(17-13(14)15)8-11(9-16-10)6-4-5-7-18(2)3/h8-9H,4-7H2,1-3H3,(H4,14,15,17). The highest BCUT2D eigenvalue weighted by Gasteiger charge is 2.02. The van der Waals surface area contributed by atoms with Crippen LogP contribution >= 0.6 is 0 Å². The van der Waals surface area contributed by atoms with E-state index in [1.807, 2.05) is 19.2 Å². The summed E-state index contributed by atoms with van der Waals surface area (Å²) < 4.78 is 0. The molecule has 0 radical (unpaired) electrons. The van der Waals surface area contributed by atoms with E-state index in [4.69, 9.17) is 11.5 Å². The molecule has 0 saturated heterocycles. The van der Waals surface area contributed by atoms with E-state index in [1.165, 1.54) is 12.0 Å². The van der Waals surface area contributed by atoms with Crippen LogP contribution in [0.25, 0.3) is 0 Å². The van der Waals surface area contributed by atoms with Crippen LogP contribution in [0.15, 0.2) is 17.3 Å². The van der Waals surface area contributed by atoms with Gasteiger partial charge in [-0.05, 0) is 58.5 Å². The lowest BCUT2D eigenvalue weighted by molar-refractivity contribution is 0.394. The van der Waals surface area contributed by atoms with Crippen LogP contribution in [0, 0.1) is 6.92 Å². The van der Waals surface area contributed by atoms with Gasteiger partial charge in [-0.2, -0.15) is 0 Å². The summed E-state index contributed by atoms with van der Waals surface area (Å²) in [5.41, 5.74) is 13.6. The Kier molecular flexibility index (Phi) is 5.58. The van der Waals surface area contributed by atoms with Crippen LogP contribution < -0.4 is 11.5 Å². The Bertz CT molecular complexity index is 408. The maximum atomic E-state index is 5.39. The molecule has 4 N–H and O–H groups in total. The molecule has 0 aliphatic heterocycles. The van der Waals surface area contributed by atoms with Gasteiger partial charge in [-0.1, -0.05) is 0 Å². The minimum absolute atomic E-state index is 0.0738. The first-order valence-electron chi connectivity index (χ1n) is 6.19. The molecule has 0 fully saturated rings. The van der Waals surface area contributed by atoms with Crippen LogP contribution in [-0.2, 0) is 6.42 Å². The lowest BCUT2D eigenvalue weighted by Crippen LogP contribution is -2.22. The molecule has 0 spiro atoms. The maximum absolute atomic E-state index is 5.39. The predicted molar refractivity (Wildman–Crippen MR) is 75.9 cm³/mol. The van der Waals surface area contributed by atoms with Gasteiger partial charge < -0.3 is 16.4 Å². The highest BCUT2D eigenvalue weighted by Crippen LogP contribution is 2.18. The molecule has 0 atom stereocenters. The molecule has 0 aliphatic rings. The van der Waals surface area contributed by atoms with Crippen LogP contribution in [0.5, 0.6) is 0 Å². The van der Waals surface area contributed by atoms with E-state index in [0.29, 0.717) is 0 Å². The fraction of sp³-hybridized carbons (Fsp3) is 0.538. The highest BCUT2D eigenvalue weighted by atomic mass is 15.0. The third kappa shape index (κ3) is 5.14. The molecular formula is C13H23N5. The second-order valence-corrected chi connectivity index (χ2v) is 4.75. The molecular weight excluding hydrogens is 226 g/mol. The second kappa shape index (κ2) is 6.96. The van der Waals surface area contributed by atoms with Gasteiger partial charge in [0.1, 0.15) is 0 Å². The number of aromatic nitrogens is 1. The summed E-state index contributed by atoms with van der Waals surface area (Å²) in [5, 5.41) is 0. The zero-order chi connectivity index (χ0) is 13.5. The van der Waals surface area contributed by atoms with Gasteiger partial charge in [0.15, 0.2) is 5.96 Å². The van der Waals surface area contributed by atoms with Crippen molar-refractivity contribution in [2.24, 2.45) is 16.5 Å². The van der Waals surface area contributed by atoms with Crippen molar-refractivity contribution in [1.29, 1.82) is 0 Å². The smallest absolute Gasteiger partial charge is 0.191 e. The SMILES string of the molecule is Cc1ncc(CCCCN(C)C)cc1N=C(N)N. The minimum atomic E-state index is 0.0738. The number of aryl methyl sites for hydroxylation is 2. The number of guanidine groups is 1.